The number of hydrogen-bond acceptors (Lipinski definition) is 5. The van der Waals surface area contributed by atoms with Crippen molar-refractivity contribution in [2.24, 2.45) is 0 Å². The van der Waals surface area contributed by atoms with E-state index in [4.69, 9.17) is 0 Å². The van der Waals surface area contributed by atoms with Gasteiger partial charge in [0.15, 0.2) is 0 Å². The van der Waals surface area contributed by atoms with Crippen molar-refractivity contribution in [2.45, 2.75) is 13.5 Å². The molecule has 5 nitrogen and oxygen atoms in total. The molecule has 5 heteroatoms. The minimum absolute atomic E-state index is 0.682. The lowest BCUT2D eigenvalue weighted by Crippen LogP contribution is -2.19. The molecule has 2 heterocycles. The molecule has 0 unspecified atom stereocenters. The molecule has 0 saturated heterocycles. The highest BCUT2D eigenvalue weighted by Gasteiger charge is 2.10. The molecule has 3 rings (SSSR count). The van der Waals surface area contributed by atoms with Crippen molar-refractivity contribution in [1.29, 1.82) is 0 Å². The molecule has 116 valence electrons. The summed E-state index contributed by atoms with van der Waals surface area (Å²) in [5, 5.41) is 3.31. The van der Waals surface area contributed by atoms with Gasteiger partial charge in [0.1, 0.15) is 5.82 Å². The fraction of sp³-hybridized carbons (Fsp3) is 0.167. The number of para-hydroxylation sites is 1. The van der Waals surface area contributed by atoms with Crippen molar-refractivity contribution in [3.63, 3.8) is 0 Å². The van der Waals surface area contributed by atoms with Crippen LogP contribution in [0.2, 0.25) is 0 Å². The normalized spacial score (nSPS) is 10.3. The second-order valence-electron chi connectivity index (χ2n) is 5.04. The van der Waals surface area contributed by atoms with Crippen molar-refractivity contribution >= 4 is 17.5 Å². The molecule has 0 radical (unpaired) electrons. The van der Waals surface area contributed by atoms with E-state index in [1.807, 2.05) is 42.6 Å². The van der Waals surface area contributed by atoms with Crippen LogP contribution in [0.15, 0.2) is 67.1 Å². The van der Waals surface area contributed by atoms with Gasteiger partial charge in [0.05, 0.1) is 0 Å². The molecule has 0 spiro atoms. The molecule has 23 heavy (non-hydrogen) atoms. The average molecular weight is 305 g/mol. The molecule has 1 aromatic carbocycles. The van der Waals surface area contributed by atoms with Gasteiger partial charge < -0.3 is 10.2 Å². The highest BCUT2D eigenvalue weighted by atomic mass is 15.3. The summed E-state index contributed by atoms with van der Waals surface area (Å²) in [5.74, 6) is 1.49. The van der Waals surface area contributed by atoms with Crippen LogP contribution in [0.5, 0.6) is 0 Å². The third kappa shape index (κ3) is 3.83. The predicted octanol–water partition coefficient (Wildman–Crippen LogP) is 3.64. The predicted molar refractivity (Wildman–Crippen MR) is 92.7 cm³/mol. The molecule has 2 aromatic heterocycles. The summed E-state index contributed by atoms with van der Waals surface area (Å²) in [6, 6.07) is 16.0. The van der Waals surface area contributed by atoms with Crippen LogP contribution in [-0.4, -0.2) is 21.5 Å². The number of nitrogens with one attached hydrogen (secondary N) is 1. The third-order valence-electron chi connectivity index (χ3n) is 3.46. The fourth-order valence-electron chi connectivity index (χ4n) is 2.32. The van der Waals surface area contributed by atoms with E-state index in [-0.39, 0.29) is 0 Å². The van der Waals surface area contributed by atoms with Crippen LogP contribution in [0.4, 0.5) is 17.5 Å². The quantitative estimate of drug-likeness (QED) is 0.753. The zero-order valence-corrected chi connectivity index (χ0v) is 13.1. The molecule has 0 bridgehead atoms. The Kier molecular flexibility index (Phi) is 4.79. The first-order chi connectivity index (χ1) is 11.4. The van der Waals surface area contributed by atoms with Crippen LogP contribution in [-0.2, 0) is 6.54 Å². The van der Waals surface area contributed by atoms with Gasteiger partial charge in [-0.3, -0.25) is 4.98 Å². The lowest BCUT2D eigenvalue weighted by molar-refractivity contribution is 0.942. The molecular formula is C18H19N5. The molecule has 1 N–H and O–H groups in total. The molecule has 0 aliphatic heterocycles. The third-order valence-corrected chi connectivity index (χ3v) is 3.46. The second kappa shape index (κ2) is 7.35. The van der Waals surface area contributed by atoms with Gasteiger partial charge in [-0.15, -0.1) is 0 Å². The zero-order chi connectivity index (χ0) is 15.9. The van der Waals surface area contributed by atoms with E-state index < -0.39 is 0 Å². The van der Waals surface area contributed by atoms with Crippen molar-refractivity contribution in [2.75, 3.05) is 16.8 Å². The van der Waals surface area contributed by atoms with Crippen molar-refractivity contribution in [3.05, 3.63) is 72.7 Å². The smallest absolute Gasteiger partial charge is 0.231 e. The lowest BCUT2D eigenvalue weighted by Gasteiger charge is -2.21. The number of benzene rings is 1. The minimum atomic E-state index is 0.682. The lowest BCUT2D eigenvalue weighted by atomic mass is 10.3. The molecule has 0 aliphatic rings. The molecule has 0 fully saturated rings. The number of anilines is 3. The summed E-state index contributed by atoms with van der Waals surface area (Å²) in [7, 11) is 0. The first kappa shape index (κ1) is 15.0. The van der Waals surface area contributed by atoms with Gasteiger partial charge in [0.2, 0.25) is 5.95 Å². The first-order valence-corrected chi connectivity index (χ1v) is 7.65. The number of rotatable bonds is 6. The number of aromatic nitrogens is 3. The summed E-state index contributed by atoms with van der Waals surface area (Å²) in [5.41, 5.74) is 2.20. The van der Waals surface area contributed by atoms with E-state index in [0.29, 0.717) is 12.5 Å². The summed E-state index contributed by atoms with van der Waals surface area (Å²) < 4.78 is 0. The van der Waals surface area contributed by atoms with E-state index in [1.165, 1.54) is 0 Å². The summed E-state index contributed by atoms with van der Waals surface area (Å²) >= 11 is 0. The van der Waals surface area contributed by atoms with Crippen LogP contribution in [0.3, 0.4) is 0 Å². The molecular weight excluding hydrogens is 286 g/mol. The van der Waals surface area contributed by atoms with E-state index >= 15 is 0 Å². The molecule has 0 amide bonds. The largest absolute Gasteiger partial charge is 0.366 e. The van der Waals surface area contributed by atoms with Crippen molar-refractivity contribution in [3.8, 4) is 0 Å². The van der Waals surface area contributed by atoms with Gasteiger partial charge in [-0.2, -0.15) is 4.98 Å². The highest BCUT2D eigenvalue weighted by Crippen LogP contribution is 2.22. The Morgan fingerprint density at radius 1 is 1.00 bits per heavy atom. The van der Waals surface area contributed by atoms with Gasteiger partial charge in [0.25, 0.3) is 0 Å². The Hall–Kier alpha value is -2.95. The van der Waals surface area contributed by atoms with Gasteiger partial charge in [-0.25, -0.2) is 4.98 Å². The van der Waals surface area contributed by atoms with Gasteiger partial charge >= 0.3 is 0 Å². The Labute approximate surface area is 136 Å². The molecule has 3 aromatic rings. The monoisotopic (exact) mass is 305 g/mol. The summed E-state index contributed by atoms with van der Waals surface area (Å²) in [4.78, 5) is 15.2. The van der Waals surface area contributed by atoms with Crippen LogP contribution in [0.1, 0.15) is 12.5 Å². The SMILES string of the molecule is CCN(c1ccccc1)c1nccc(NCc2cccnc2)n1. The number of pyridine rings is 1. The second-order valence-corrected chi connectivity index (χ2v) is 5.04. The van der Waals surface area contributed by atoms with E-state index in [2.05, 4.69) is 44.2 Å². The first-order valence-electron chi connectivity index (χ1n) is 7.65. The Morgan fingerprint density at radius 2 is 1.87 bits per heavy atom. The van der Waals surface area contributed by atoms with Gasteiger partial charge in [0, 0.05) is 37.4 Å². The van der Waals surface area contributed by atoms with Crippen LogP contribution in [0.25, 0.3) is 0 Å². The van der Waals surface area contributed by atoms with Crippen LogP contribution < -0.4 is 10.2 Å². The number of hydrogen-bond donors (Lipinski definition) is 1. The minimum Gasteiger partial charge on any atom is -0.366 e. The number of nitrogens with zero attached hydrogens (tertiary/aromatic N) is 4. The molecule has 0 saturated carbocycles. The van der Waals surface area contributed by atoms with E-state index in [1.54, 1.807) is 12.4 Å². The van der Waals surface area contributed by atoms with E-state index in [9.17, 15) is 0 Å². The standard InChI is InChI=1S/C18H19N5/c1-2-23(16-8-4-3-5-9-16)18-20-12-10-17(22-18)21-14-15-7-6-11-19-13-15/h3-13H,2,14H2,1H3,(H,20,21,22). The fourth-order valence-corrected chi connectivity index (χ4v) is 2.32. The van der Waals surface area contributed by atoms with Crippen LogP contribution in [0, 0.1) is 0 Å². The maximum atomic E-state index is 4.62. The Bertz CT molecular complexity index is 731. The summed E-state index contributed by atoms with van der Waals surface area (Å²) in [6.07, 6.45) is 5.39. The van der Waals surface area contributed by atoms with Crippen LogP contribution >= 0.6 is 0 Å². The Morgan fingerprint density at radius 3 is 2.61 bits per heavy atom. The van der Waals surface area contributed by atoms with Gasteiger partial charge in [-0.1, -0.05) is 24.3 Å². The van der Waals surface area contributed by atoms with Gasteiger partial charge in [-0.05, 0) is 36.8 Å². The topological polar surface area (TPSA) is 53.9 Å². The van der Waals surface area contributed by atoms with E-state index in [0.717, 1.165) is 23.6 Å². The average Bonchev–Trinajstić information content (AvgIpc) is 2.63. The molecule has 0 aliphatic carbocycles. The molecule has 0 atom stereocenters. The zero-order valence-electron chi connectivity index (χ0n) is 13.1. The highest BCUT2D eigenvalue weighted by molar-refractivity contribution is 5.58. The maximum absolute atomic E-state index is 4.62. The maximum Gasteiger partial charge on any atom is 0.231 e. The summed E-state index contributed by atoms with van der Waals surface area (Å²) in [6.45, 7) is 3.57. The van der Waals surface area contributed by atoms with Crippen molar-refractivity contribution in [1.82, 2.24) is 15.0 Å². The van der Waals surface area contributed by atoms with Crippen molar-refractivity contribution < 1.29 is 0 Å². The Balaban J connectivity index is 1.76.